The zero-order valence-corrected chi connectivity index (χ0v) is 8.73. The van der Waals surface area contributed by atoms with Crippen molar-refractivity contribution >= 4 is 12.1 Å². The van der Waals surface area contributed by atoms with Gasteiger partial charge >= 0.3 is 12.1 Å². The Labute approximate surface area is 83.3 Å². The van der Waals surface area contributed by atoms with Gasteiger partial charge in [-0.05, 0) is 12.8 Å². The molecule has 0 aliphatic rings. The van der Waals surface area contributed by atoms with E-state index in [-0.39, 0.29) is 12.5 Å². The molecule has 1 amide bonds. The van der Waals surface area contributed by atoms with Gasteiger partial charge in [-0.1, -0.05) is 20.3 Å². The summed E-state index contributed by atoms with van der Waals surface area (Å²) in [6, 6.07) is -0.942. The van der Waals surface area contributed by atoms with Crippen molar-refractivity contribution in [3.8, 4) is 0 Å². The molecule has 0 aromatic rings. The summed E-state index contributed by atoms with van der Waals surface area (Å²) in [6.07, 6.45) is -0.541. The van der Waals surface area contributed by atoms with E-state index in [4.69, 9.17) is 10.2 Å². The first-order valence-corrected chi connectivity index (χ1v) is 4.68. The molecule has 0 heterocycles. The van der Waals surface area contributed by atoms with E-state index in [9.17, 15) is 9.59 Å². The van der Waals surface area contributed by atoms with Crippen LogP contribution in [0.4, 0.5) is 4.79 Å². The third-order valence-corrected chi connectivity index (χ3v) is 2.36. The van der Waals surface area contributed by atoms with Gasteiger partial charge in [0.25, 0.3) is 0 Å². The first kappa shape index (κ1) is 12.7. The predicted molar refractivity (Wildman–Crippen MR) is 51.3 cm³/mol. The summed E-state index contributed by atoms with van der Waals surface area (Å²) in [5.41, 5.74) is 0. The summed E-state index contributed by atoms with van der Waals surface area (Å²) < 4.78 is 0. The van der Waals surface area contributed by atoms with Crippen LogP contribution in [0.5, 0.6) is 0 Å². The number of amides is 1. The number of carboxylic acids is 1. The molecule has 2 N–H and O–H groups in total. The number of carboxylic acid groups (broad SMARTS) is 2. The van der Waals surface area contributed by atoms with Crippen molar-refractivity contribution < 1.29 is 19.8 Å². The van der Waals surface area contributed by atoms with Gasteiger partial charge < -0.3 is 10.2 Å². The quantitative estimate of drug-likeness (QED) is 0.709. The van der Waals surface area contributed by atoms with Crippen LogP contribution in [0.2, 0.25) is 0 Å². The van der Waals surface area contributed by atoms with Crippen molar-refractivity contribution in [2.24, 2.45) is 5.92 Å². The molecule has 0 spiro atoms. The molecule has 14 heavy (non-hydrogen) atoms. The Morgan fingerprint density at radius 1 is 1.29 bits per heavy atom. The molecule has 0 aliphatic heterocycles. The van der Waals surface area contributed by atoms with Crippen LogP contribution in [0.15, 0.2) is 0 Å². The first-order valence-electron chi connectivity index (χ1n) is 4.68. The van der Waals surface area contributed by atoms with E-state index in [0.717, 1.165) is 4.90 Å². The van der Waals surface area contributed by atoms with E-state index in [2.05, 4.69) is 0 Å². The Morgan fingerprint density at radius 3 is 2.00 bits per heavy atom. The summed E-state index contributed by atoms with van der Waals surface area (Å²) in [4.78, 5) is 22.6. The van der Waals surface area contributed by atoms with Crippen molar-refractivity contribution in [3.05, 3.63) is 0 Å². The molecule has 0 saturated heterocycles. The topological polar surface area (TPSA) is 77.8 Å². The van der Waals surface area contributed by atoms with E-state index >= 15 is 0 Å². The van der Waals surface area contributed by atoms with Crippen LogP contribution in [-0.4, -0.2) is 39.8 Å². The lowest BCUT2D eigenvalue weighted by Crippen LogP contribution is -2.47. The van der Waals surface area contributed by atoms with Crippen LogP contribution in [-0.2, 0) is 4.79 Å². The summed E-state index contributed by atoms with van der Waals surface area (Å²) in [5.74, 6) is -1.26. The molecule has 2 atom stereocenters. The zero-order chi connectivity index (χ0) is 11.3. The Bertz CT molecular complexity index is 217. The predicted octanol–water partition coefficient (Wildman–Crippen LogP) is 1.49. The van der Waals surface area contributed by atoms with Crippen LogP contribution in [0.25, 0.3) is 0 Å². The van der Waals surface area contributed by atoms with Crippen LogP contribution in [0.3, 0.4) is 0 Å². The van der Waals surface area contributed by atoms with Crippen LogP contribution >= 0.6 is 0 Å². The maximum atomic E-state index is 10.9. The summed E-state index contributed by atoms with van der Waals surface area (Å²) in [7, 11) is 0. The maximum absolute atomic E-state index is 10.9. The molecular weight excluding hydrogens is 186 g/mol. The van der Waals surface area contributed by atoms with Crippen molar-refractivity contribution in [2.45, 2.75) is 33.2 Å². The van der Waals surface area contributed by atoms with Gasteiger partial charge in [-0.25, -0.2) is 9.59 Å². The average Bonchev–Trinajstić information content (AvgIpc) is 2.11. The zero-order valence-electron chi connectivity index (χ0n) is 8.73. The number of nitrogens with zero attached hydrogens (tertiary/aromatic N) is 1. The number of rotatable bonds is 5. The molecule has 0 aromatic carbocycles. The summed E-state index contributed by atoms with van der Waals surface area (Å²) in [6.45, 7) is 5.41. The normalized spacial score (nSPS) is 14.5. The molecule has 0 saturated carbocycles. The molecule has 0 bridgehead atoms. The minimum atomic E-state index is -1.18. The molecule has 5 heteroatoms. The van der Waals surface area contributed by atoms with Crippen LogP contribution in [0, 0.1) is 5.92 Å². The van der Waals surface area contributed by atoms with E-state index in [1.54, 1.807) is 13.8 Å². The van der Waals surface area contributed by atoms with E-state index < -0.39 is 18.1 Å². The highest BCUT2D eigenvalue weighted by Crippen LogP contribution is 2.15. The van der Waals surface area contributed by atoms with Crippen LogP contribution < -0.4 is 0 Å². The molecule has 0 aromatic heterocycles. The van der Waals surface area contributed by atoms with Gasteiger partial charge in [0.2, 0.25) is 0 Å². The van der Waals surface area contributed by atoms with Crippen LogP contribution in [0.1, 0.15) is 27.2 Å². The van der Waals surface area contributed by atoms with Gasteiger partial charge in [0.1, 0.15) is 6.04 Å². The fourth-order valence-electron chi connectivity index (χ4n) is 1.36. The fourth-order valence-corrected chi connectivity index (χ4v) is 1.36. The Morgan fingerprint density at radius 2 is 1.79 bits per heavy atom. The minimum absolute atomic E-state index is 0.177. The van der Waals surface area contributed by atoms with Crippen molar-refractivity contribution in [1.29, 1.82) is 0 Å². The van der Waals surface area contributed by atoms with Crippen molar-refractivity contribution in [1.82, 2.24) is 4.90 Å². The highest BCUT2D eigenvalue weighted by Gasteiger charge is 2.32. The third-order valence-electron chi connectivity index (χ3n) is 2.36. The molecule has 0 radical (unpaired) electrons. The van der Waals surface area contributed by atoms with Crippen molar-refractivity contribution in [2.75, 3.05) is 6.54 Å². The molecule has 0 fully saturated rings. The Kier molecular flexibility index (Phi) is 4.97. The highest BCUT2D eigenvalue weighted by molar-refractivity contribution is 5.79. The largest absolute Gasteiger partial charge is 0.480 e. The molecule has 0 aliphatic carbocycles. The fraction of sp³-hybridized carbons (Fsp3) is 0.778. The lowest BCUT2D eigenvalue weighted by Gasteiger charge is -2.28. The average molecular weight is 203 g/mol. The smallest absolute Gasteiger partial charge is 0.408 e. The number of likely N-dealkylation sites (N-methyl/N-ethyl adjacent to an activating group) is 1. The van der Waals surface area contributed by atoms with Gasteiger partial charge in [0.15, 0.2) is 0 Å². The number of hydrogen-bond donors (Lipinski definition) is 2. The van der Waals surface area contributed by atoms with E-state index in [1.165, 1.54) is 0 Å². The SMILES string of the molecule is CCC(C)C(C(=O)O)N(CC)C(=O)O. The lowest BCUT2D eigenvalue weighted by molar-refractivity contribution is -0.144. The van der Waals surface area contributed by atoms with Gasteiger partial charge in [-0.15, -0.1) is 0 Å². The molecule has 82 valence electrons. The maximum Gasteiger partial charge on any atom is 0.408 e. The second-order valence-electron chi connectivity index (χ2n) is 3.24. The highest BCUT2D eigenvalue weighted by atomic mass is 16.4. The summed E-state index contributed by atoms with van der Waals surface area (Å²) in [5, 5.41) is 17.7. The standard InChI is InChI=1S/C9H17NO4/c1-4-6(3)7(8(11)12)10(5-2)9(13)14/h6-7H,4-5H2,1-3H3,(H,11,12)(H,13,14). The number of carbonyl (C=O) groups is 2. The molecular formula is C9H17NO4. The number of aliphatic carboxylic acids is 1. The second-order valence-corrected chi connectivity index (χ2v) is 3.24. The van der Waals surface area contributed by atoms with E-state index in [1.807, 2.05) is 6.92 Å². The van der Waals surface area contributed by atoms with Gasteiger partial charge in [0, 0.05) is 6.54 Å². The second kappa shape index (κ2) is 5.47. The Balaban J connectivity index is 4.78. The van der Waals surface area contributed by atoms with E-state index in [0.29, 0.717) is 6.42 Å². The molecule has 0 rings (SSSR count). The van der Waals surface area contributed by atoms with Gasteiger partial charge in [0.05, 0.1) is 0 Å². The number of hydrogen-bond acceptors (Lipinski definition) is 2. The van der Waals surface area contributed by atoms with Crippen molar-refractivity contribution in [3.63, 3.8) is 0 Å². The summed E-state index contributed by atoms with van der Waals surface area (Å²) >= 11 is 0. The third kappa shape index (κ3) is 2.90. The first-order chi connectivity index (χ1) is 6.45. The molecule has 2 unspecified atom stereocenters. The van der Waals surface area contributed by atoms with Gasteiger partial charge in [-0.3, -0.25) is 4.90 Å². The molecule has 5 nitrogen and oxygen atoms in total. The Hall–Kier alpha value is -1.26. The monoisotopic (exact) mass is 203 g/mol. The lowest BCUT2D eigenvalue weighted by atomic mass is 9.98. The van der Waals surface area contributed by atoms with Gasteiger partial charge in [-0.2, -0.15) is 0 Å². The minimum Gasteiger partial charge on any atom is -0.480 e.